The summed E-state index contributed by atoms with van der Waals surface area (Å²) in [7, 11) is 1.61. The van der Waals surface area contributed by atoms with Gasteiger partial charge in [-0.1, -0.05) is 6.92 Å². The summed E-state index contributed by atoms with van der Waals surface area (Å²) in [4.78, 5) is 12.2. The molecule has 1 unspecified atom stereocenters. The van der Waals surface area contributed by atoms with Crippen molar-refractivity contribution in [1.82, 2.24) is 15.1 Å². The summed E-state index contributed by atoms with van der Waals surface area (Å²) < 4.78 is 28.3. The van der Waals surface area contributed by atoms with E-state index in [4.69, 9.17) is 5.11 Å². The van der Waals surface area contributed by atoms with Gasteiger partial charge in [0, 0.05) is 38.0 Å². The van der Waals surface area contributed by atoms with Crippen LogP contribution in [0, 0.1) is 17.6 Å². The maximum Gasteiger partial charge on any atom is 0.255 e. The third kappa shape index (κ3) is 3.48. The molecule has 0 aliphatic heterocycles. The number of carbonyl (C=O) groups is 1. The Morgan fingerprint density at radius 2 is 2.18 bits per heavy atom. The molecular formula is C15H17F2N3O2. The van der Waals surface area contributed by atoms with Gasteiger partial charge in [0.2, 0.25) is 0 Å². The van der Waals surface area contributed by atoms with Gasteiger partial charge in [0.1, 0.15) is 17.3 Å². The summed E-state index contributed by atoms with van der Waals surface area (Å²) in [6.07, 6.45) is 1.47. The van der Waals surface area contributed by atoms with Crippen LogP contribution in [0.1, 0.15) is 17.3 Å². The van der Waals surface area contributed by atoms with Gasteiger partial charge in [-0.3, -0.25) is 9.48 Å². The van der Waals surface area contributed by atoms with Crippen LogP contribution in [0.5, 0.6) is 0 Å². The summed E-state index contributed by atoms with van der Waals surface area (Å²) >= 11 is 0. The predicted molar refractivity (Wildman–Crippen MR) is 77.1 cm³/mol. The number of hydrogen-bond acceptors (Lipinski definition) is 3. The molecule has 1 amide bonds. The summed E-state index contributed by atoms with van der Waals surface area (Å²) in [5.74, 6) is -1.99. The third-order valence-electron chi connectivity index (χ3n) is 3.18. The van der Waals surface area contributed by atoms with Crippen molar-refractivity contribution in [2.75, 3.05) is 13.2 Å². The lowest BCUT2D eigenvalue weighted by molar-refractivity contribution is 0.0943. The SMILES string of the molecule is CC(CO)CNC(=O)c1cn(C)nc1-c1ccc(F)cc1F. The highest BCUT2D eigenvalue weighted by molar-refractivity contribution is 5.99. The van der Waals surface area contributed by atoms with Crippen LogP contribution in [0.25, 0.3) is 11.3 Å². The molecule has 0 radical (unpaired) electrons. The van der Waals surface area contributed by atoms with Crippen molar-refractivity contribution < 1.29 is 18.7 Å². The molecule has 0 fully saturated rings. The summed E-state index contributed by atoms with van der Waals surface area (Å²) in [6.45, 7) is 2.02. The van der Waals surface area contributed by atoms with Gasteiger partial charge < -0.3 is 10.4 Å². The summed E-state index contributed by atoms with van der Waals surface area (Å²) in [5, 5.41) is 15.7. The molecule has 2 N–H and O–H groups in total. The molecule has 1 aromatic heterocycles. The van der Waals surface area contributed by atoms with Gasteiger partial charge in [-0.2, -0.15) is 5.10 Å². The van der Waals surface area contributed by atoms with Crippen molar-refractivity contribution in [3.63, 3.8) is 0 Å². The lowest BCUT2D eigenvalue weighted by atomic mass is 10.1. The highest BCUT2D eigenvalue weighted by Crippen LogP contribution is 2.25. The zero-order valence-electron chi connectivity index (χ0n) is 12.3. The zero-order valence-corrected chi connectivity index (χ0v) is 12.3. The minimum absolute atomic E-state index is 0.0488. The van der Waals surface area contributed by atoms with Gasteiger partial charge in [-0.05, 0) is 18.1 Å². The molecule has 0 saturated carbocycles. The van der Waals surface area contributed by atoms with Crippen LogP contribution in [-0.4, -0.2) is 33.9 Å². The van der Waals surface area contributed by atoms with Gasteiger partial charge in [-0.15, -0.1) is 0 Å². The Morgan fingerprint density at radius 3 is 2.82 bits per heavy atom. The van der Waals surface area contributed by atoms with Gasteiger partial charge in [0.05, 0.1) is 5.56 Å². The first-order valence-electron chi connectivity index (χ1n) is 6.80. The first-order valence-corrected chi connectivity index (χ1v) is 6.80. The standard InChI is InChI=1S/C15H17F2N3O2/c1-9(8-21)6-18-15(22)12-7-20(2)19-14(12)11-4-3-10(16)5-13(11)17/h3-5,7,9,21H,6,8H2,1-2H3,(H,18,22). The minimum Gasteiger partial charge on any atom is -0.396 e. The Balaban J connectivity index is 2.32. The van der Waals surface area contributed by atoms with E-state index in [0.717, 1.165) is 12.1 Å². The summed E-state index contributed by atoms with van der Waals surface area (Å²) in [5.41, 5.74) is 0.398. The second kappa shape index (κ2) is 6.65. The Kier molecular flexibility index (Phi) is 4.87. The fourth-order valence-electron chi connectivity index (χ4n) is 1.96. The van der Waals surface area contributed by atoms with Gasteiger partial charge >= 0.3 is 0 Å². The third-order valence-corrected chi connectivity index (χ3v) is 3.18. The number of aliphatic hydroxyl groups is 1. The smallest absolute Gasteiger partial charge is 0.255 e. The quantitative estimate of drug-likeness (QED) is 0.884. The van der Waals surface area contributed by atoms with E-state index in [0.29, 0.717) is 0 Å². The molecule has 22 heavy (non-hydrogen) atoms. The molecule has 5 nitrogen and oxygen atoms in total. The largest absolute Gasteiger partial charge is 0.396 e. The molecule has 1 heterocycles. The summed E-state index contributed by atoms with van der Waals surface area (Å²) in [6, 6.07) is 3.11. The predicted octanol–water partition coefficient (Wildman–Crippen LogP) is 1.72. The van der Waals surface area contributed by atoms with Gasteiger partial charge in [0.15, 0.2) is 0 Å². The second-order valence-corrected chi connectivity index (χ2v) is 5.19. The number of benzene rings is 1. The monoisotopic (exact) mass is 309 g/mol. The number of halogens is 2. The number of amides is 1. The highest BCUT2D eigenvalue weighted by atomic mass is 19.1. The molecule has 2 rings (SSSR count). The van der Waals surface area contributed by atoms with Gasteiger partial charge in [0.25, 0.3) is 5.91 Å². The van der Waals surface area contributed by atoms with E-state index in [2.05, 4.69) is 10.4 Å². The van der Waals surface area contributed by atoms with Crippen LogP contribution in [0.15, 0.2) is 24.4 Å². The second-order valence-electron chi connectivity index (χ2n) is 5.19. The van der Waals surface area contributed by atoms with Crippen molar-refractivity contribution in [1.29, 1.82) is 0 Å². The maximum absolute atomic E-state index is 13.9. The molecule has 0 aliphatic rings. The number of aromatic nitrogens is 2. The lowest BCUT2D eigenvalue weighted by Gasteiger charge is -2.09. The van der Waals surface area contributed by atoms with Crippen molar-refractivity contribution in [3.05, 3.63) is 41.6 Å². The van der Waals surface area contributed by atoms with E-state index in [9.17, 15) is 13.6 Å². The number of carbonyl (C=O) groups excluding carboxylic acids is 1. The molecule has 0 spiro atoms. The van der Waals surface area contributed by atoms with Crippen LogP contribution in [0.2, 0.25) is 0 Å². The number of hydrogen-bond donors (Lipinski definition) is 2. The fourth-order valence-corrected chi connectivity index (χ4v) is 1.96. The normalized spacial score (nSPS) is 12.2. The van der Waals surface area contributed by atoms with Crippen LogP contribution in [-0.2, 0) is 7.05 Å². The van der Waals surface area contributed by atoms with E-state index >= 15 is 0 Å². The highest BCUT2D eigenvalue weighted by Gasteiger charge is 2.20. The average molecular weight is 309 g/mol. The Hall–Kier alpha value is -2.28. The molecule has 1 aromatic carbocycles. The molecule has 7 heteroatoms. The number of nitrogens with one attached hydrogen (secondary N) is 1. The van der Waals surface area contributed by atoms with E-state index in [1.165, 1.54) is 16.9 Å². The Morgan fingerprint density at radius 1 is 1.45 bits per heavy atom. The van der Waals surface area contributed by atoms with Crippen LogP contribution in [0.3, 0.4) is 0 Å². The van der Waals surface area contributed by atoms with Crippen molar-refractivity contribution in [2.24, 2.45) is 13.0 Å². The maximum atomic E-state index is 13.9. The van der Waals surface area contributed by atoms with Crippen LogP contribution in [0.4, 0.5) is 8.78 Å². The van der Waals surface area contributed by atoms with Crippen molar-refractivity contribution >= 4 is 5.91 Å². The number of rotatable bonds is 5. The van der Waals surface area contributed by atoms with E-state index < -0.39 is 17.5 Å². The first-order chi connectivity index (χ1) is 10.4. The van der Waals surface area contributed by atoms with E-state index in [1.54, 1.807) is 14.0 Å². The Bertz CT molecular complexity index is 685. The van der Waals surface area contributed by atoms with Crippen molar-refractivity contribution in [3.8, 4) is 11.3 Å². The van der Waals surface area contributed by atoms with Gasteiger partial charge in [-0.25, -0.2) is 8.78 Å². The number of aliphatic hydroxyl groups excluding tert-OH is 1. The van der Waals surface area contributed by atoms with E-state index in [1.807, 2.05) is 0 Å². The molecule has 1 atom stereocenters. The van der Waals surface area contributed by atoms with Crippen molar-refractivity contribution in [2.45, 2.75) is 6.92 Å². The number of aryl methyl sites for hydroxylation is 1. The average Bonchev–Trinajstić information content (AvgIpc) is 2.86. The topological polar surface area (TPSA) is 67.2 Å². The fraction of sp³-hybridized carbons (Fsp3) is 0.333. The molecule has 0 saturated heterocycles. The molecule has 0 aliphatic carbocycles. The van der Waals surface area contributed by atoms with Crippen LogP contribution >= 0.6 is 0 Å². The first kappa shape index (κ1) is 16.1. The zero-order chi connectivity index (χ0) is 16.3. The lowest BCUT2D eigenvalue weighted by Crippen LogP contribution is -2.29. The number of nitrogens with zero attached hydrogens (tertiary/aromatic N) is 2. The molecule has 118 valence electrons. The van der Waals surface area contributed by atoms with Crippen LogP contribution < -0.4 is 5.32 Å². The molecule has 2 aromatic rings. The molecule has 0 bridgehead atoms. The van der Waals surface area contributed by atoms with E-state index in [-0.39, 0.29) is 35.9 Å². The molecular weight excluding hydrogens is 292 g/mol. The minimum atomic E-state index is -0.781. The Labute approximate surface area is 126 Å².